The van der Waals surface area contributed by atoms with Gasteiger partial charge in [0.1, 0.15) is 6.04 Å². The van der Waals surface area contributed by atoms with Crippen molar-refractivity contribution in [1.82, 2.24) is 15.3 Å². The Morgan fingerprint density at radius 3 is 2.32 bits per heavy atom. The fraction of sp³-hybridized carbons (Fsp3) is 0.233. The number of hydrogen-bond donors (Lipinski definition) is 2. The van der Waals surface area contributed by atoms with Crippen molar-refractivity contribution in [2.45, 2.75) is 40.3 Å². The van der Waals surface area contributed by atoms with Crippen molar-refractivity contribution in [2.24, 2.45) is 11.0 Å². The van der Waals surface area contributed by atoms with Crippen molar-refractivity contribution in [3.63, 3.8) is 0 Å². The highest BCUT2D eigenvalue weighted by Crippen LogP contribution is 2.25. The number of hydrogen-bond acceptors (Lipinski definition) is 3. The Balaban J connectivity index is 1.52. The summed E-state index contributed by atoms with van der Waals surface area (Å²) in [5.41, 5.74) is 8.58. The van der Waals surface area contributed by atoms with E-state index in [1.807, 2.05) is 26.0 Å². The number of halogens is 1. The normalized spacial score (nSPS) is 12.3. The fourth-order valence-electron chi connectivity index (χ4n) is 4.29. The molecular weight excluding hydrogens is 484 g/mol. The average Bonchev–Trinajstić information content (AvgIpc) is 3.14. The van der Waals surface area contributed by atoms with Gasteiger partial charge in [0.05, 0.1) is 6.21 Å². The quantitative estimate of drug-likeness (QED) is 0.228. The highest BCUT2D eigenvalue weighted by Gasteiger charge is 2.24. The summed E-state index contributed by atoms with van der Waals surface area (Å²) < 4.78 is 2.26. The standard InChI is InChI=1S/C30H31ClN4O2/c1-19(2)28(33-29(36)23-13-15-24(31)16-14-23)30(37)34-32-17-26-21(4)35(27-8-6-5-7-25(26)27)18-22-11-9-20(3)10-12-22/h5-17,19,28H,18H2,1-4H3,(H,33,36)(H,34,37). The van der Waals surface area contributed by atoms with Gasteiger partial charge in [0.25, 0.3) is 11.8 Å². The van der Waals surface area contributed by atoms with Gasteiger partial charge in [-0.15, -0.1) is 0 Å². The molecule has 1 unspecified atom stereocenters. The maximum Gasteiger partial charge on any atom is 0.262 e. The Hall–Kier alpha value is -3.90. The van der Waals surface area contributed by atoms with Crippen LogP contribution in [0.15, 0.2) is 77.9 Å². The van der Waals surface area contributed by atoms with E-state index in [-0.39, 0.29) is 17.7 Å². The Labute approximate surface area is 222 Å². The van der Waals surface area contributed by atoms with Crippen LogP contribution in [0.4, 0.5) is 0 Å². The molecule has 0 fully saturated rings. The van der Waals surface area contributed by atoms with Gasteiger partial charge in [0.2, 0.25) is 0 Å². The first-order chi connectivity index (χ1) is 17.7. The number of rotatable bonds is 8. The predicted octanol–water partition coefficient (Wildman–Crippen LogP) is 5.86. The molecule has 190 valence electrons. The summed E-state index contributed by atoms with van der Waals surface area (Å²) in [6.07, 6.45) is 1.68. The van der Waals surface area contributed by atoms with Crippen LogP contribution in [0.2, 0.25) is 5.02 Å². The molecule has 1 aromatic heterocycles. The van der Waals surface area contributed by atoms with Gasteiger partial charge < -0.3 is 9.88 Å². The van der Waals surface area contributed by atoms with E-state index in [2.05, 4.69) is 70.7 Å². The smallest absolute Gasteiger partial charge is 0.262 e. The van der Waals surface area contributed by atoms with Crippen molar-refractivity contribution in [3.05, 3.63) is 106 Å². The highest BCUT2D eigenvalue weighted by molar-refractivity contribution is 6.30. The van der Waals surface area contributed by atoms with E-state index in [0.717, 1.165) is 28.7 Å². The van der Waals surface area contributed by atoms with Crippen LogP contribution in [0, 0.1) is 19.8 Å². The Kier molecular flexibility index (Phi) is 8.09. The van der Waals surface area contributed by atoms with Crippen LogP contribution in [0.25, 0.3) is 10.9 Å². The maximum atomic E-state index is 13.0. The van der Waals surface area contributed by atoms with Crippen molar-refractivity contribution in [3.8, 4) is 0 Å². The second kappa shape index (κ2) is 11.4. The SMILES string of the molecule is Cc1ccc(Cn2c(C)c(C=NNC(=O)C(NC(=O)c3ccc(Cl)cc3)C(C)C)c3ccccc32)cc1. The van der Waals surface area contributed by atoms with Crippen LogP contribution in [0.1, 0.15) is 46.6 Å². The van der Waals surface area contributed by atoms with Gasteiger partial charge in [-0.25, -0.2) is 5.43 Å². The summed E-state index contributed by atoms with van der Waals surface area (Å²) in [5.74, 6) is -0.858. The third kappa shape index (κ3) is 6.09. The van der Waals surface area contributed by atoms with E-state index < -0.39 is 6.04 Å². The fourth-order valence-corrected chi connectivity index (χ4v) is 4.42. The van der Waals surface area contributed by atoms with Gasteiger partial charge in [-0.1, -0.05) is 73.5 Å². The van der Waals surface area contributed by atoms with Crippen LogP contribution in [0.5, 0.6) is 0 Å². The summed E-state index contributed by atoms with van der Waals surface area (Å²) in [6, 6.07) is 22.5. The van der Waals surface area contributed by atoms with E-state index in [0.29, 0.717) is 10.6 Å². The minimum Gasteiger partial charge on any atom is -0.340 e. The third-order valence-electron chi connectivity index (χ3n) is 6.45. The lowest BCUT2D eigenvalue weighted by Gasteiger charge is -2.20. The number of benzene rings is 3. The zero-order valence-corrected chi connectivity index (χ0v) is 22.2. The molecule has 0 saturated heterocycles. The summed E-state index contributed by atoms with van der Waals surface area (Å²) in [5, 5.41) is 8.68. The summed E-state index contributed by atoms with van der Waals surface area (Å²) in [7, 11) is 0. The van der Waals surface area contributed by atoms with Crippen molar-refractivity contribution in [1.29, 1.82) is 0 Å². The molecule has 37 heavy (non-hydrogen) atoms. The molecular formula is C30H31ClN4O2. The first kappa shape index (κ1) is 26.2. The lowest BCUT2D eigenvalue weighted by Crippen LogP contribution is -2.48. The molecule has 3 aromatic carbocycles. The van der Waals surface area contributed by atoms with Crippen molar-refractivity contribution in [2.75, 3.05) is 0 Å². The van der Waals surface area contributed by atoms with E-state index in [4.69, 9.17) is 11.6 Å². The molecule has 0 aliphatic carbocycles. The average molecular weight is 515 g/mol. The van der Waals surface area contributed by atoms with Gasteiger partial charge in [-0.3, -0.25) is 9.59 Å². The van der Waals surface area contributed by atoms with Crippen LogP contribution < -0.4 is 10.7 Å². The van der Waals surface area contributed by atoms with Crippen LogP contribution in [-0.4, -0.2) is 28.6 Å². The lowest BCUT2D eigenvalue weighted by molar-refractivity contribution is -0.123. The molecule has 0 aliphatic heterocycles. The molecule has 4 rings (SSSR count). The number of fused-ring (bicyclic) bond motifs is 1. The Morgan fingerprint density at radius 1 is 0.973 bits per heavy atom. The predicted molar refractivity (Wildman–Crippen MR) is 150 cm³/mol. The highest BCUT2D eigenvalue weighted by atomic mass is 35.5. The monoisotopic (exact) mass is 514 g/mol. The summed E-state index contributed by atoms with van der Waals surface area (Å²) >= 11 is 5.91. The number of nitrogens with zero attached hydrogens (tertiary/aromatic N) is 2. The number of amides is 2. The van der Waals surface area contributed by atoms with Crippen LogP contribution >= 0.6 is 11.6 Å². The number of nitrogens with one attached hydrogen (secondary N) is 2. The minimum absolute atomic E-state index is 0.135. The second-order valence-electron chi connectivity index (χ2n) is 9.52. The molecule has 6 nitrogen and oxygen atoms in total. The zero-order valence-electron chi connectivity index (χ0n) is 21.5. The minimum atomic E-state index is -0.746. The second-order valence-corrected chi connectivity index (χ2v) is 9.96. The zero-order chi connectivity index (χ0) is 26.5. The van der Waals surface area contributed by atoms with Crippen molar-refractivity contribution < 1.29 is 9.59 Å². The number of aryl methyl sites for hydroxylation is 1. The molecule has 0 aliphatic rings. The van der Waals surface area contributed by atoms with Gasteiger partial charge in [-0.2, -0.15) is 5.10 Å². The topological polar surface area (TPSA) is 75.5 Å². The van der Waals surface area contributed by atoms with Gasteiger partial charge >= 0.3 is 0 Å². The number of para-hydroxylation sites is 1. The van der Waals surface area contributed by atoms with Gasteiger partial charge in [0.15, 0.2) is 0 Å². The lowest BCUT2D eigenvalue weighted by atomic mass is 10.0. The van der Waals surface area contributed by atoms with E-state index in [1.165, 1.54) is 11.1 Å². The molecule has 0 bridgehead atoms. The van der Waals surface area contributed by atoms with Crippen LogP contribution in [-0.2, 0) is 11.3 Å². The Bertz CT molecular complexity index is 1440. The largest absolute Gasteiger partial charge is 0.340 e. The molecule has 1 atom stereocenters. The molecule has 7 heteroatoms. The Morgan fingerprint density at radius 2 is 1.65 bits per heavy atom. The number of carbonyl (C=O) groups is 2. The molecule has 4 aromatic rings. The number of hydrazone groups is 1. The molecule has 0 saturated carbocycles. The first-order valence-corrected chi connectivity index (χ1v) is 12.6. The van der Waals surface area contributed by atoms with E-state index in [9.17, 15) is 9.59 Å². The molecule has 0 spiro atoms. The molecule has 2 amide bonds. The first-order valence-electron chi connectivity index (χ1n) is 12.3. The number of aromatic nitrogens is 1. The van der Waals surface area contributed by atoms with Crippen molar-refractivity contribution >= 4 is 40.5 Å². The summed E-state index contributed by atoms with van der Waals surface area (Å²) in [4.78, 5) is 25.6. The van der Waals surface area contributed by atoms with Crippen LogP contribution in [0.3, 0.4) is 0 Å². The maximum absolute atomic E-state index is 13.0. The molecule has 0 radical (unpaired) electrons. The van der Waals surface area contributed by atoms with E-state index >= 15 is 0 Å². The molecule has 2 N–H and O–H groups in total. The third-order valence-corrected chi connectivity index (χ3v) is 6.70. The van der Waals surface area contributed by atoms with Gasteiger partial charge in [-0.05, 0) is 55.7 Å². The molecule has 1 heterocycles. The van der Waals surface area contributed by atoms with Gasteiger partial charge in [0, 0.05) is 39.3 Å². The number of carbonyl (C=O) groups excluding carboxylic acids is 2. The summed E-state index contributed by atoms with van der Waals surface area (Å²) in [6.45, 7) is 8.62. The van der Waals surface area contributed by atoms with E-state index in [1.54, 1.807) is 30.5 Å².